The molecule has 0 spiro atoms. The minimum atomic E-state index is -0.372. The van der Waals surface area contributed by atoms with Crippen molar-refractivity contribution in [2.75, 3.05) is 58.4 Å². The van der Waals surface area contributed by atoms with Gasteiger partial charge < -0.3 is 24.1 Å². The fourth-order valence-electron chi connectivity index (χ4n) is 3.89. The van der Waals surface area contributed by atoms with Gasteiger partial charge in [-0.1, -0.05) is 23.7 Å². The molecule has 1 N–H and O–H groups in total. The van der Waals surface area contributed by atoms with E-state index in [1.807, 2.05) is 36.4 Å². The van der Waals surface area contributed by atoms with Gasteiger partial charge in [-0.3, -0.25) is 9.69 Å². The number of rotatable bonds is 9. The van der Waals surface area contributed by atoms with Crippen LogP contribution in [-0.4, -0.2) is 74.5 Å². The molecular weight excluding hydrogens is 458 g/mol. The molecule has 2 aromatic carbocycles. The molecule has 1 aliphatic rings. The van der Waals surface area contributed by atoms with Crippen molar-refractivity contribution >= 4 is 23.2 Å². The third kappa shape index (κ3) is 5.98. The first-order chi connectivity index (χ1) is 16.6. The van der Waals surface area contributed by atoms with Gasteiger partial charge in [-0.05, 0) is 35.9 Å². The third-order valence-corrected chi connectivity index (χ3v) is 5.96. The highest BCUT2D eigenvalue weighted by Crippen LogP contribution is 2.28. The van der Waals surface area contributed by atoms with Crippen molar-refractivity contribution < 1.29 is 18.7 Å². The number of benzene rings is 2. The van der Waals surface area contributed by atoms with Crippen LogP contribution in [0.1, 0.15) is 22.1 Å². The summed E-state index contributed by atoms with van der Waals surface area (Å²) in [5.74, 6) is 1.20. The van der Waals surface area contributed by atoms with E-state index in [9.17, 15) is 4.79 Å². The Bertz CT molecular complexity index is 1110. The van der Waals surface area contributed by atoms with Crippen molar-refractivity contribution in [3.8, 4) is 11.5 Å². The Balaban J connectivity index is 1.22. The summed E-state index contributed by atoms with van der Waals surface area (Å²) in [7, 11) is 3.16. The molecule has 180 valence electrons. The van der Waals surface area contributed by atoms with Gasteiger partial charge in [0.15, 0.2) is 11.5 Å². The lowest BCUT2D eigenvalue weighted by Crippen LogP contribution is -2.48. The molecule has 0 atom stereocenters. The quantitative estimate of drug-likeness (QED) is 0.494. The first-order valence-electron chi connectivity index (χ1n) is 11.1. The van der Waals surface area contributed by atoms with E-state index in [1.54, 1.807) is 14.2 Å². The molecule has 1 aromatic heterocycles. The van der Waals surface area contributed by atoms with E-state index in [1.165, 1.54) is 0 Å². The van der Waals surface area contributed by atoms with Crippen LogP contribution in [0.5, 0.6) is 11.5 Å². The highest BCUT2D eigenvalue weighted by Gasteiger charge is 2.19. The van der Waals surface area contributed by atoms with Gasteiger partial charge in [0.25, 0.3) is 0 Å². The maximum atomic E-state index is 12.4. The molecule has 0 aliphatic carbocycles. The average molecular weight is 486 g/mol. The van der Waals surface area contributed by atoms with Crippen LogP contribution in [0.15, 0.2) is 46.9 Å². The molecule has 1 aliphatic heterocycles. The molecule has 10 heteroatoms. The van der Waals surface area contributed by atoms with Crippen LogP contribution in [0.3, 0.4) is 0 Å². The van der Waals surface area contributed by atoms with Crippen molar-refractivity contribution in [1.29, 1.82) is 0 Å². The zero-order chi connectivity index (χ0) is 23.9. The molecule has 4 rings (SSSR count). The van der Waals surface area contributed by atoms with Gasteiger partial charge in [0.2, 0.25) is 5.89 Å². The molecule has 34 heavy (non-hydrogen) atoms. The van der Waals surface area contributed by atoms with Crippen LogP contribution in [-0.2, 0) is 6.42 Å². The molecular formula is C24H28ClN5O4. The maximum Gasteiger partial charge on any atom is 0.308 e. The van der Waals surface area contributed by atoms with Gasteiger partial charge in [0, 0.05) is 50.0 Å². The van der Waals surface area contributed by atoms with Crippen molar-refractivity contribution in [3.63, 3.8) is 0 Å². The molecule has 0 saturated carbocycles. The normalized spacial score (nSPS) is 14.1. The second-order valence-electron chi connectivity index (χ2n) is 7.93. The molecule has 1 amide bonds. The molecule has 1 fully saturated rings. The number of amides is 1. The summed E-state index contributed by atoms with van der Waals surface area (Å²) in [6.07, 6.45) is 0.386. The number of aromatic nitrogens is 2. The van der Waals surface area contributed by atoms with Crippen molar-refractivity contribution in [2.24, 2.45) is 0 Å². The second-order valence-corrected chi connectivity index (χ2v) is 8.37. The van der Waals surface area contributed by atoms with Crippen LogP contribution in [0.2, 0.25) is 5.02 Å². The molecule has 0 bridgehead atoms. The third-order valence-electron chi connectivity index (χ3n) is 5.72. The number of methoxy groups -OCH3 is 2. The SMILES string of the molecule is COc1ccc(Cc2nnc(C(=O)NCCN3CCN(c4cccc(Cl)c4)CC3)o2)cc1OC. The van der Waals surface area contributed by atoms with Crippen LogP contribution in [0, 0.1) is 0 Å². The number of anilines is 1. The van der Waals surface area contributed by atoms with Gasteiger partial charge in [-0.15, -0.1) is 10.2 Å². The summed E-state index contributed by atoms with van der Waals surface area (Å²) in [6.45, 7) is 4.91. The van der Waals surface area contributed by atoms with Gasteiger partial charge in [0.05, 0.1) is 20.6 Å². The predicted molar refractivity (Wildman–Crippen MR) is 129 cm³/mol. The van der Waals surface area contributed by atoms with Crippen LogP contribution >= 0.6 is 11.6 Å². The lowest BCUT2D eigenvalue weighted by Gasteiger charge is -2.36. The Morgan fingerprint density at radius 2 is 1.85 bits per heavy atom. The van der Waals surface area contributed by atoms with Crippen molar-refractivity contribution in [1.82, 2.24) is 20.4 Å². The Labute approximate surface area is 203 Å². The zero-order valence-corrected chi connectivity index (χ0v) is 20.0. The number of hydrogen-bond acceptors (Lipinski definition) is 8. The van der Waals surface area contributed by atoms with E-state index < -0.39 is 0 Å². The van der Waals surface area contributed by atoms with E-state index in [4.69, 9.17) is 25.5 Å². The maximum absolute atomic E-state index is 12.4. The summed E-state index contributed by atoms with van der Waals surface area (Å²) in [5, 5.41) is 11.5. The first kappa shape index (κ1) is 23.8. The highest BCUT2D eigenvalue weighted by atomic mass is 35.5. The van der Waals surface area contributed by atoms with Gasteiger partial charge in [0.1, 0.15) is 0 Å². The molecule has 3 aromatic rings. The minimum Gasteiger partial charge on any atom is -0.493 e. The van der Waals surface area contributed by atoms with E-state index in [-0.39, 0.29) is 11.8 Å². The number of carbonyl (C=O) groups is 1. The lowest BCUT2D eigenvalue weighted by molar-refractivity contribution is 0.0911. The molecule has 9 nitrogen and oxygen atoms in total. The fraction of sp³-hybridized carbons (Fsp3) is 0.375. The van der Waals surface area contributed by atoms with Crippen LogP contribution in [0.4, 0.5) is 5.69 Å². The lowest BCUT2D eigenvalue weighted by atomic mass is 10.1. The Morgan fingerprint density at radius 3 is 2.59 bits per heavy atom. The number of carbonyl (C=O) groups excluding carboxylic acids is 1. The standard InChI is InChI=1S/C24H28ClN5O4/c1-32-20-7-6-17(14-21(20)33-2)15-22-27-28-24(34-22)23(31)26-8-9-29-10-12-30(13-11-29)19-5-3-4-18(25)16-19/h3-7,14,16H,8-13,15H2,1-2H3,(H,26,31). The van der Waals surface area contributed by atoms with Crippen LogP contribution < -0.4 is 19.7 Å². The summed E-state index contributed by atoms with van der Waals surface area (Å²) in [4.78, 5) is 17.1. The van der Waals surface area contributed by atoms with Gasteiger partial charge >= 0.3 is 11.8 Å². The summed E-state index contributed by atoms with van der Waals surface area (Å²) >= 11 is 6.10. The fourth-order valence-corrected chi connectivity index (χ4v) is 4.07. The van der Waals surface area contributed by atoms with Crippen LogP contribution in [0.25, 0.3) is 0 Å². The molecule has 0 unspecified atom stereocenters. The average Bonchev–Trinajstić information content (AvgIpc) is 3.33. The summed E-state index contributed by atoms with van der Waals surface area (Å²) < 4.78 is 16.1. The second kappa shape index (κ2) is 11.2. The number of piperazine rings is 1. The molecule has 2 heterocycles. The minimum absolute atomic E-state index is 0.0405. The number of halogens is 1. The smallest absolute Gasteiger partial charge is 0.308 e. The first-order valence-corrected chi connectivity index (χ1v) is 11.5. The van der Waals surface area contributed by atoms with Gasteiger partial charge in [-0.2, -0.15) is 0 Å². The Morgan fingerprint density at radius 1 is 1.06 bits per heavy atom. The zero-order valence-electron chi connectivity index (χ0n) is 19.3. The highest BCUT2D eigenvalue weighted by molar-refractivity contribution is 6.30. The largest absolute Gasteiger partial charge is 0.493 e. The van der Waals surface area contributed by atoms with Crippen molar-refractivity contribution in [2.45, 2.75) is 6.42 Å². The van der Waals surface area contributed by atoms with Gasteiger partial charge in [-0.25, -0.2) is 0 Å². The topological polar surface area (TPSA) is 93.0 Å². The van der Waals surface area contributed by atoms with E-state index in [0.29, 0.717) is 30.4 Å². The number of nitrogens with one attached hydrogen (secondary N) is 1. The monoisotopic (exact) mass is 485 g/mol. The van der Waals surface area contributed by atoms with Crippen molar-refractivity contribution in [3.05, 3.63) is 64.8 Å². The summed E-state index contributed by atoms with van der Waals surface area (Å²) in [5.41, 5.74) is 2.05. The number of nitrogens with zero attached hydrogens (tertiary/aromatic N) is 4. The number of hydrogen-bond donors (Lipinski definition) is 1. The molecule has 1 saturated heterocycles. The van der Waals surface area contributed by atoms with E-state index >= 15 is 0 Å². The summed E-state index contributed by atoms with van der Waals surface area (Å²) in [6, 6.07) is 13.5. The molecule has 0 radical (unpaired) electrons. The Kier molecular flexibility index (Phi) is 7.87. The van der Waals surface area contributed by atoms with E-state index in [2.05, 4.69) is 31.4 Å². The predicted octanol–water partition coefficient (Wildman–Crippen LogP) is 2.88. The van der Waals surface area contributed by atoms with E-state index in [0.717, 1.165) is 49.0 Å². The number of ether oxygens (including phenoxy) is 2. The Hall–Kier alpha value is -3.30.